The highest BCUT2D eigenvalue weighted by Gasteiger charge is 2.40. The molecular weight excluding hydrogens is 298 g/mol. The molecule has 1 amide bonds. The number of aryl methyl sites for hydroxylation is 2. The third kappa shape index (κ3) is 3.18. The first-order valence-corrected chi connectivity index (χ1v) is 9.81. The minimum absolute atomic E-state index is 0.0766. The summed E-state index contributed by atoms with van der Waals surface area (Å²) in [6.07, 6.45) is 10.3. The molecule has 1 N–H and O–H groups in total. The molecule has 2 saturated carbocycles. The number of ether oxygens (including phenoxy) is 1. The van der Waals surface area contributed by atoms with E-state index in [0.29, 0.717) is 18.4 Å². The Labute approximate surface area is 145 Å². The van der Waals surface area contributed by atoms with Crippen molar-refractivity contribution < 1.29 is 9.53 Å². The van der Waals surface area contributed by atoms with Gasteiger partial charge in [-0.1, -0.05) is 19.4 Å². The molecule has 3 heteroatoms. The first kappa shape index (κ1) is 16.0. The van der Waals surface area contributed by atoms with Crippen molar-refractivity contribution in [2.45, 2.75) is 76.9 Å². The summed E-state index contributed by atoms with van der Waals surface area (Å²) in [6, 6.07) is 6.77. The van der Waals surface area contributed by atoms with E-state index >= 15 is 0 Å². The van der Waals surface area contributed by atoms with Crippen LogP contribution in [0, 0.1) is 11.8 Å². The first-order chi connectivity index (χ1) is 11.7. The van der Waals surface area contributed by atoms with Crippen molar-refractivity contribution >= 4 is 5.91 Å². The lowest BCUT2D eigenvalue weighted by Crippen LogP contribution is -2.45. The molecule has 0 saturated heterocycles. The molecule has 1 aromatic carbocycles. The number of hydrogen-bond donors (Lipinski definition) is 1. The largest absolute Gasteiger partial charge is 0.481 e. The summed E-state index contributed by atoms with van der Waals surface area (Å²) in [7, 11) is 0. The van der Waals surface area contributed by atoms with Crippen LogP contribution in [0.4, 0.5) is 0 Å². The van der Waals surface area contributed by atoms with E-state index in [1.807, 2.05) is 13.0 Å². The second kappa shape index (κ2) is 6.78. The molecule has 3 aliphatic carbocycles. The van der Waals surface area contributed by atoms with Crippen molar-refractivity contribution in [3.8, 4) is 5.75 Å². The maximum absolute atomic E-state index is 12.7. The van der Waals surface area contributed by atoms with E-state index < -0.39 is 0 Å². The Morgan fingerprint density at radius 1 is 1.21 bits per heavy atom. The lowest BCUT2D eigenvalue weighted by Gasteiger charge is -2.26. The Kier molecular flexibility index (Phi) is 4.51. The number of hydrogen-bond acceptors (Lipinski definition) is 2. The lowest BCUT2D eigenvalue weighted by atomic mass is 9.92. The molecule has 0 unspecified atom stereocenters. The van der Waals surface area contributed by atoms with Gasteiger partial charge in [0.1, 0.15) is 5.75 Å². The highest BCUT2D eigenvalue weighted by molar-refractivity contribution is 5.81. The van der Waals surface area contributed by atoms with Gasteiger partial charge in [0, 0.05) is 6.04 Å². The van der Waals surface area contributed by atoms with Crippen molar-refractivity contribution in [2.75, 3.05) is 0 Å². The zero-order valence-electron chi connectivity index (χ0n) is 14.7. The summed E-state index contributed by atoms with van der Waals surface area (Å²) in [4.78, 5) is 12.7. The van der Waals surface area contributed by atoms with Gasteiger partial charge in [-0.15, -0.1) is 0 Å². The number of amides is 1. The van der Waals surface area contributed by atoms with E-state index in [-0.39, 0.29) is 12.0 Å². The number of nitrogens with one attached hydrogen (secondary N) is 1. The van der Waals surface area contributed by atoms with Crippen molar-refractivity contribution in [1.29, 1.82) is 0 Å². The summed E-state index contributed by atoms with van der Waals surface area (Å²) < 4.78 is 6.07. The van der Waals surface area contributed by atoms with Crippen LogP contribution in [0.2, 0.25) is 0 Å². The molecule has 4 atom stereocenters. The van der Waals surface area contributed by atoms with E-state index in [1.165, 1.54) is 56.1 Å². The molecule has 2 fully saturated rings. The molecular formula is C21H29NO2. The average molecular weight is 327 g/mol. The van der Waals surface area contributed by atoms with E-state index in [4.69, 9.17) is 4.74 Å². The van der Waals surface area contributed by atoms with Crippen molar-refractivity contribution in [1.82, 2.24) is 5.32 Å². The van der Waals surface area contributed by atoms with Crippen LogP contribution < -0.4 is 10.1 Å². The predicted octanol–water partition coefficient (Wildman–Crippen LogP) is 4.03. The Morgan fingerprint density at radius 2 is 2.04 bits per heavy atom. The van der Waals surface area contributed by atoms with Crippen molar-refractivity contribution in [3.05, 3.63) is 29.3 Å². The number of carbonyl (C=O) groups excluding carboxylic acids is 1. The van der Waals surface area contributed by atoms with E-state index in [9.17, 15) is 4.79 Å². The monoisotopic (exact) mass is 327 g/mol. The van der Waals surface area contributed by atoms with E-state index in [2.05, 4.69) is 17.4 Å². The third-order valence-electron chi connectivity index (χ3n) is 6.33. The molecule has 0 radical (unpaired) electrons. The van der Waals surface area contributed by atoms with Crippen molar-refractivity contribution in [2.24, 2.45) is 11.8 Å². The minimum atomic E-state index is -0.370. The van der Waals surface area contributed by atoms with Crippen LogP contribution in [0.5, 0.6) is 5.75 Å². The summed E-state index contributed by atoms with van der Waals surface area (Å²) in [5, 5.41) is 3.28. The molecule has 0 aromatic heterocycles. The molecule has 4 rings (SSSR count). The van der Waals surface area contributed by atoms with Crippen LogP contribution in [0.15, 0.2) is 18.2 Å². The zero-order valence-corrected chi connectivity index (χ0v) is 14.7. The second-order valence-electron chi connectivity index (χ2n) is 7.94. The summed E-state index contributed by atoms with van der Waals surface area (Å²) >= 11 is 0. The highest BCUT2D eigenvalue weighted by atomic mass is 16.5. The summed E-state index contributed by atoms with van der Waals surface area (Å²) in [6.45, 7) is 2.03. The predicted molar refractivity (Wildman–Crippen MR) is 95.2 cm³/mol. The standard InChI is InChI=1S/C21H29NO2/c1-2-20(21(23)22-19-12-14-7-8-17(19)11-14)24-18-10-9-15-5-3-4-6-16(15)13-18/h9-10,13-14,17,19-20H,2-8,11-12H2,1H3,(H,22,23)/t14-,17-,19+,20-/m1/s1. The van der Waals surface area contributed by atoms with E-state index in [1.54, 1.807) is 0 Å². The van der Waals surface area contributed by atoms with Crippen molar-refractivity contribution in [3.63, 3.8) is 0 Å². The zero-order chi connectivity index (χ0) is 16.5. The minimum Gasteiger partial charge on any atom is -0.481 e. The quantitative estimate of drug-likeness (QED) is 0.887. The maximum atomic E-state index is 12.7. The first-order valence-electron chi connectivity index (χ1n) is 9.81. The number of benzene rings is 1. The van der Waals surface area contributed by atoms with Gasteiger partial charge < -0.3 is 10.1 Å². The van der Waals surface area contributed by atoms with Gasteiger partial charge in [0.05, 0.1) is 0 Å². The van der Waals surface area contributed by atoms with Crippen LogP contribution in [0.3, 0.4) is 0 Å². The lowest BCUT2D eigenvalue weighted by molar-refractivity contribution is -0.129. The topological polar surface area (TPSA) is 38.3 Å². The molecule has 3 nitrogen and oxygen atoms in total. The fourth-order valence-electron chi connectivity index (χ4n) is 4.97. The van der Waals surface area contributed by atoms with Crippen LogP contribution in [-0.2, 0) is 17.6 Å². The average Bonchev–Trinajstić information content (AvgIpc) is 3.22. The molecule has 2 bridgehead atoms. The fraction of sp³-hybridized carbons (Fsp3) is 0.667. The maximum Gasteiger partial charge on any atom is 0.261 e. The van der Waals surface area contributed by atoms with Crippen LogP contribution >= 0.6 is 0 Å². The van der Waals surface area contributed by atoms with Crippen LogP contribution in [0.25, 0.3) is 0 Å². The van der Waals surface area contributed by atoms with Gasteiger partial charge in [0.2, 0.25) is 0 Å². The normalized spacial score (nSPS) is 29.1. The Hall–Kier alpha value is -1.51. The molecule has 1 aromatic rings. The van der Waals surface area contributed by atoms with Gasteiger partial charge >= 0.3 is 0 Å². The Morgan fingerprint density at radius 3 is 2.75 bits per heavy atom. The Balaban J connectivity index is 1.39. The van der Waals surface area contributed by atoms with E-state index in [0.717, 1.165) is 18.1 Å². The Bertz CT molecular complexity index is 612. The molecule has 0 heterocycles. The van der Waals surface area contributed by atoms with Gasteiger partial charge in [0.25, 0.3) is 5.91 Å². The summed E-state index contributed by atoms with van der Waals surface area (Å²) in [5.41, 5.74) is 2.86. The smallest absolute Gasteiger partial charge is 0.261 e. The van der Waals surface area contributed by atoms with Crippen LogP contribution in [0.1, 0.15) is 63.0 Å². The van der Waals surface area contributed by atoms with Gasteiger partial charge in [-0.3, -0.25) is 4.79 Å². The molecule has 0 aliphatic heterocycles. The third-order valence-corrected chi connectivity index (χ3v) is 6.33. The number of carbonyl (C=O) groups is 1. The second-order valence-corrected chi connectivity index (χ2v) is 7.94. The van der Waals surface area contributed by atoms with Gasteiger partial charge in [-0.05, 0) is 86.5 Å². The molecule has 24 heavy (non-hydrogen) atoms. The number of rotatable bonds is 5. The molecule has 130 valence electrons. The number of fused-ring (bicyclic) bond motifs is 3. The van der Waals surface area contributed by atoms with Crippen LogP contribution in [-0.4, -0.2) is 18.1 Å². The van der Waals surface area contributed by atoms with Gasteiger partial charge in [-0.2, -0.15) is 0 Å². The van der Waals surface area contributed by atoms with Gasteiger partial charge in [0.15, 0.2) is 6.10 Å². The molecule has 3 aliphatic rings. The molecule has 0 spiro atoms. The van der Waals surface area contributed by atoms with Gasteiger partial charge in [-0.25, -0.2) is 0 Å². The SMILES string of the molecule is CC[C@@H](Oc1ccc2c(c1)CCCC2)C(=O)N[C@H]1C[C@@H]2CC[C@@H]1C2. The summed E-state index contributed by atoms with van der Waals surface area (Å²) in [5.74, 6) is 2.49. The highest BCUT2D eigenvalue weighted by Crippen LogP contribution is 2.44. The fourth-order valence-corrected chi connectivity index (χ4v) is 4.97.